The predicted molar refractivity (Wildman–Crippen MR) is 206 cm³/mol. The zero-order valence-electron chi connectivity index (χ0n) is 35.0. The number of aryl methyl sites for hydroxylation is 1. The van der Waals surface area contributed by atoms with Gasteiger partial charge in [-0.1, -0.05) is 27.7 Å². The normalized spacial score (nSPS) is 37.7. The molecule has 0 aliphatic carbocycles. The van der Waals surface area contributed by atoms with Crippen molar-refractivity contribution in [2.45, 2.75) is 148 Å². The van der Waals surface area contributed by atoms with Crippen molar-refractivity contribution < 1.29 is 48.0 Å². The fourth-order valence-corrected chi connectivity index (χ4v) is 9.33. The first-order valence-electron chi connectivity index (χ1n) is 20.1. The number of methoxy groups -OCH3 is 1. The maximum atomic E-state index is 14.7. The van der Waals surface area contributed by atoms with Crippen LogP contribution in [0.2, 0.25) is 0 Å². The van der Waals surface area contributed by atoms with Crippen LogP contribution in [0.5, 0.6) is 0 Å². The summed E-state index contributed by atoms with van der Waals surface area (Å²) in [5.41, 5.74) is -1.09. The summed E-state index contributed by atoms with van der Waals surface area (Å²) in [6.07, 6.45) is 0.710. The molecule has 0 radical (unpaired) electrons. The van der Waals surface area contributed by atoms with E-state index in [4.69, 9.17) is 23.7 Å². The molecule has 0 spiro atoms. The van der Waals surface area contributed by atoms with Crippen LogP contribution in [0, 0.1) is 23.7 Å². The summed E-state index contributed by atoms with van der Waals surface area (Å²) in [7, 11) is 5.24. The van der Waals surface area contributed by atoms with Crippen LogP contribution in [0.4, 0.5) is 4.79 Å². The van der Waals surface area contributed by atoms with Crippen molar-refractivity contribution in [2.24, 2.45) is 23.7 Å². The molecule has 15 heteroatoms. The number of hydrogen-bond donors (Lipinski definition) is 1. The average molecular weight is 786 g/mol. The molecule has 0 bridgehead atoms. The lowest BCUT2D eigenvalue weighted by Gasteiger charge is -2.47. The Hall–Kier alpha value is -3.50. The van der Waals surface area contributed by atoms with E-state index in [0.29, 0.717) is 32.4 Å². The lowest BCUT2D eigenvalue weighted by atomic mass is 9.73. The monoisotopic (exact) mass is 785 g/mol. The topological polar surface area (TPSA) is 172 Å². The van der Waals surface area contributed by atoms with Gasteiger partial charge in [-0.15, -0.1) is 0 Å². The molecule has 15 nitrogen and oxygen atoms in total. The SMILES string of the molecule is CC[C@H]1OC(=O)[C@H](C)C(=O)[C@H](C)[C@@H](O[C@@H]2O[C@H](C)C[C@H](N(C)C)[C@H]2O)[C@](C)(OC)C[C@@H](C)C(=O)[C@H](C)[C@H]2N(CCCCn3cnc4cccnc43)C(=O)O[C@]12C. The Labute approximate surface area is 330 Å². The van der Waals surface area contributed by atoms with Gasteiger partial charge in [0.15, 0.2) is 23.3 Å². The second-order valence-electron chi connectivity index (χ2n) is 16.9. The Morgan fingerprint density at radius 1 is 1.00 bits per heavy atom. The van der Waals surface area contributed by atoms with Gasteiger partial charge < -0.3 is 43.2 Å². The van der Waals surface area contributed by atoms with E-state index in [0.717, 1.165) is 11.2 Å². The van der Waals surface area contributed by atoms with Crippen LogP contribution in [0.25, 0.3) is 11.2 Å². The summed E-state index contributed by atoms with van der Waals surface area (Å²) in [4.78, 5) is 69.1. The summed E-state index contributed by atoms with van der Waals surface area (Å²) >= 11 is 0. The highest BCUT2D eigenvalue weighted by molar-refractivity contribution is 6.00. The number of unbranched alkanes of at least 4 members (excludes halogenated alkanes) is 1. The number of esters is 1. The van der Waals surface area contributed by atoms with Crippen LogP contribution in [0.1, 0.15) is 87.5 Å². The molecule has 1 amide bonds. The number of carbonyl (C=O) groups excluding carboxylic acids is 4. The number of aliphatic hydroxyl groups is 1. The lowest BCUT2D eigenvalue weighted by Crippen LogP contribution is -2.60. The minimum atomic E-state index is -1.40. The quantitative estimate of drug-likeness (QED) is 0.204. The number of hydrogen-bond acceptors (Lipinski definition) is 13. The van der Waals surface area contributed by atoms with E-state index in [1.807, 2.05) is 56.5 Å². The van der Waals surface area contributed by atoms with Gasteiger partial charge in [0.1, 0.15) is 29.4 Å². The van der Waals surface area contributed by atoms with Crippen LogP contribution < -0.4 is 0 Å². The number of carbonyl (C=O) groups is 4. The maximum absolute atomic E-state index is 14.7. The molecule has 312 valence electrons. The molecular weight excluding hydrogens is 722 g/mol. The van der Waals surface area contributed by atoms with E-state index in [2.05, 4.69) is 9.97 Å². The first kappa shape index (κ1) is 43.6. The summed E-state index contributed by atoms with van der Waals surface area (Å²) < 4.78 is 33.1. The molecule has 2 aromatic rings. The maximum Gasteiger partial charge on any atom is 0.410 e. The van der Waals surface area contributed by atoms with Crippen molar-refractivity contribution in [3.05, 3.63) is 24.7 Å². The highest BCUT2D eigenvalue weighted by atomic mass is 16.7. The summed E-state index contributed by atoms with van der Waals surface area (Å²) in [5.74, 6) is -4.94. The second-order valence-corrected chi connectivity index (χ2v) is 16.9. The minimum absolute atomic E-state index is 0.131. The number of pyridine rings is 1. The summed E-state index contributed by atoms with van der Waals surface area (Å²) in [6.45, 7) is 14.9. The van der Waals surface area contributed by atoms with Gasteiger partial charge in [-0.2, -0.15) is 0 Å². The van der Waals surface area contributed by atoms with Gasteiger partial charge in [-0.3, -0.25) is 14.4 Å². The smallest absolute Gasteiger partial charge is 0.410 e. The Kier molecular flexibility index (Phi) is 13.7. The van der Waals surface area contributed by atoms with E-state index in [1.165, 1.54) is 14.0 Å². The first-order valence-corrected chi connectivity index (χ1v) is 20.1. The number of amides is 1. The van der Waals surface area contributed by atoms with Gasteiger partial charge in [-0.25, -0.2) is 14.8 Å². The fourth-order valence-electron chi connectivity index (χ4n) is 9.33. The van der Waals surface area contributed by atoms with Gasteiger partial charge in [-0.05, 0) is 86.0 Å². The third kappa shape index (κ3) is 8.52. The number of cyclic esters (lactones) is 1. The van der Waals surface area contributed by atoms with Crippen molar-refractivity contribution in [3.63, 3.8) is 0 Å². The molecule has 3 aliphatic rings. The number of aliphatic hydroxyl groups excluding tert-OH is 1. The third-order valence-electron chi connectivity index (χ3n) is 12.6. The van der Waals surface area contributed by atoms with Crippen LogP contribution in [-0.4, -0.2) is 135 Å². The number of ether oxygens (including phenoxy) is 5. The van der Waals surface area contributed by atoms with Gasteiger partial charge in [0.2, 0.25) is 0 Å². The number of nitrogens with zero attached hydrogens (tertiary/aromatic N) is 5. The molecule has 0 saturated carbocycles. The Morgan fingerprint density at radius 2 is 1.70 bits per heavy atom. The van der Waals surface area contributed by atoms with Crippen molar-refractivity contribution in [2.75, 3.05) is 27.7 Å². The summed E-state index contributed by atoms with van der Waals surface area (Å²) in [5, 5.41) is 11.4. The zero-order valence-corrected chi connectivity index (χ0v) is 35.0. The standard InChI is InChI=1S/C41H63N5O10/c1-12-30-41(8)34(46(39(51)56-41)19-14-13-18-45-22-43-28-16-15-17-42-36(28)45)25(4)31(47)23(2)21-40(7,52-11)35(26(5)32(48)27(6)37(50)54-30)55-38-33(49)29(44(9)10)20-24(3)53-38/h15-17,22-27,29-30,33-35,38,49H,12-14,18-21H2,1-11H3/t23-,24-,25+,26+,27-,29+,30-,33-,34-,35-,38+,40-,41-/m1/s1. The molecule has 1 N–H and O–H groups in total. The largest absolute Gasteiger partial charge is 0.458 e. The third-order valence-corrected chi connectivity index (χ3v) is 12.6. The van der Waals surface area contributed by atoms with Crippen LogP contribution in [0.15, 0.2) is 24.7 Å². The van der Waals surface area contributed by atoms with E-state index in [-0.39, 0.29) is 30.8 Å². The zero-order chi connectivity index (χ0) is 41.3. The van der Waals surface area contributed by atoms with E-state index >= 15 is 0 Å². The van der Waals surface area contributed by atoms with Crippen LogP contribution in [0.3, 0.4) is 0 Å². The average Bonchev–Trinajstić information content (AvgIpc) is 3.70. The fraction of sp³-hybridized carbons (Fsp3) is 0.756. The number of imidazole rings is 1. The number of fused-ring (bicyclic) bond motifs is 2. The number of likely N-dealkylation sites (N-methyl/N-ethyl adjacent to an activating group) is 1. The lowest BCUT2D eigenvalue weighted by molar-refractivity contribution is -0.295. The molecule has 13 atom stereocenters. The molecular formula is C41H63N5O10. The Morgan fingerprint density at radius 3 is 2.36 bits per heavy atom. The predicted octanol–water partition coefficient (Wildman–Crippen LogP) is 4.42. The molecule has 5 rings (SSSR count). The number of rotatable bonds is 10. The van der Waals surface area contributed by atoms with Gasteiger partial charge in [0, 0.05) is 50.2 Å². The van der Waals surface area contributed by atoms with Gasteiger partial charge in [0.05, 0.1) is 30.2 Å². The number of Topliss-reactive ketones (excluding diaryl/α,β-unsaturated/α-hetero) is 2. The molecule has 3 fully saturated rings. The molecule has 0 aromatic carbocycles. The van der Waals surface area contributed by atoms with Crippen molar-refractivity contribution in [1.82, 2.24) is 24.3 Å². The molecule has 0 unspecified atom stereocenters. The van der Waals surface area contributed by atoms with E-state index in [9.17, 15) is 24.3 Å². The Bertz CT molecular complexity index is 1720. The molecule has 3 saturated heterocycles. The van der Waals surface area contributed by atoms with E-state index in [1.54, 1.807) is 45.1 Å². The number of aromatic nitrogens is 3. The van der Waals surface area contributed by atoms with Crippen molar-refractivity contribution in [3.8, 4) is 0 Å². The van der Waals surface area contributed by atoms with Crippen molar-refractivity contribution in [1.29, 1.82) is 0 Å². The Balaban J connectivity index is 1.46. The minimum Gasteiger partial charge on any atom is -0.458 e. The van der Waals surface area contributed by atoms with Gasteiger partial charge in [0.25, 0.3) is 0 Å². The van der Waals surface area contributed by atoms with Crippen LogP contribution in [-0.2, 0) is 44.6 Å². The molecule has 2 aromatic heterocycles. The molecule has 5 heterocycles. The van der Waals surface area contributed by atoms with Gasteiger partial charge >= 0.3 is 12.1 Å². The number of ketones is 2. The highest BCUT2D eigenvalue weighted by Gasteiger charge is 2.60. The molecule has 3 aliphatic heterocycles. The highest BCUT2D eigenvalue weighted by Crippen LogP contribution is 2.43. The van der Waals surface area contributed by atoms with Crippen molar-refractivity contribution >= 4 is 34.8 Å². The van der Waals surface area contributed by atoms with Crippen LogP contribution >= 0.6 is 0 Å². The van der Waals surface area contributed by atoms with E-state index < -0.39 is 83.4 Å². The summed E-state index contributed by atoms with van der Waals surface area (Å²) in [6, 6.07) is 2.67. The first-order chi connectivity index (χ1) is 26.4. The second kappa shape index (κ2) is 17.6. The molecule has 56 heavy (non-hydrogen) atoms.